The number of amides is 1. The third-order valence-electron chi connectivity index (χ3n) is 3.86. The molecule has 0 aromatic carbocycles. The third kappa shape index (κ3) is 3.95. The van der Waals surface area contributed by atoms with Gasteiger partial charge in [-0.3, -0.25) is 4.79 Å². The van der Waals surface area contributed by atoms with E-state index in [1.165, 1.54) is 0 Å². The molecule has 0 aromatic rings. The van der Waals surface area contributed by atoms with Gasteiger partial charge in [0.1, 0.15) is 0 Å². The number of carbonyl (C=O) groups is 1. The molecule has 1 aliphatic heterocycles. The van der Waals surface area contributed by atoms with Crippen molar-refractivity contribution in [3.63, 3.8) is 0 Å². The second-order valence-corrected chi connectivity index (χ2v) is 7.77. The molecule has 2 fully saturated rings. The van der Waals surface area contributed by atoms with E-state index < -0.39 is 9.84 Å². The summed E-state index contributed by atoms with van der Waals surface area (Å²) in [6.07, 6.45) is 3.81. The van der Waals surface area contributed by atoms with Gasteiger partial charge in [0.15, 0.2) is 9.84 Å². The summed E-state index contributed by atoms with van der Waals surface area (Å²) in [5.74, 6) is 0.326. The van der Waals surface area contributed by atoms with Crippen molar-refractivity contribution in [2.45, 2.75) is 50.7 Å². The van der Waals surface area contributed by atoms with E-state index in [1.54, 1.807) is 0 Å². The molecule has 2 rings (SSSR count). The Bertz CT molecular complexity index is 398. The van der Waals surface area contributed by atoms with Gasteiger partial charge in [-0.1, -0.05) is 0 Å². The number of aliphatic hydroxyl groups excluding tert-OH is 1. The number of hydrogen-bond donors (Lipinski definition) is 2. The molecule has 18 heavy (non-hydrogen) atoms. The predicted molar refractivity (Wildman–Crippen MR) is 67.8 cm³/mol. The number of sulfone groups is 1. The van der Waals surface area contributed by atoms with Crippen LogP contribution < -0.4 is 5.32 Å². The Morgan fingerprint density at radius 3 is 2.39 bits per heavy atom. The van der Waals surface area contributed by atoms with Crippen LogP contribution in [-0.4, -0.2) is 43.1 Å². The fourth-order valence-electron chi connectivity index (χ4n) is 2.80. The van der Waals surface area contributed by atoms with Gasteiger partial charge in [0.05, 0.1) is 17.6 Å². The molecule has 1 atom stereocenters. The van der Waals surface area contributed by atoms with Crippen LogP contribution in [0.3, 0.4) is 0 Å². The molecule has 0 aromatic heterocycles. The highest BCUT2D eigenvalue weighted by molar-refractivity contribution is 7.91. The van der Waals surface area contributed by atoms with Crippen molar-refractivity contribution in [3.8, 4) is 0 Å². The summed E-state index contributed by atoms with van der Waals surface area (Å²) in [6.45, 7) is 0. The Hall–Kier alpha value is -0.620. The molecule has 1 saturated heterocycles. The standard InChI is InChI=1S/C12H21NO4S/c14-11-3-1-10(2-4-11)13-12(15)7-9-5-6-18(16,17)8-9/h9-11,14H,1-8H2,(H,13,15). The zero-order chi connectivity index (χ0) is 13.2. The predicted octanol–water partition coefficient (Wildman–Crippen LogP) is 0.231. The van der Waals surface area contributed by atoms with E-state index in [0.717, 1.165) is 25.7 Å². The van der Waals surface area contributed by atoms with Crippen LogP contribution in [0.15, 0.2) is 0 Å². The molecule has 0 bridgehead atoms. The molecular weight excluding hydrogens is 254 g/mol. The van der Waals surface area contributed by atoms with Crippen molar-refractivity contribution in [1.29, 1.82) is 0 Å². The average molecular weight is 275 g/mol. The summed E-state index contributed by atoms with van der Waals surface area (Å²) >= 11 is 0. The monoisotopic (exact) mass is 275 g/mol. The lowest BCUT2D eigenvalue weighted by atomic mass is 9.93. The summed E-state index contributed by atoms with van der Waals surface area (Å²) in [5.41, 5.74) is 0. The molecule has 0 radical (unpaired) electrons. The lowest BCUT2D eigenvalue weighted by molar-refractivity contribution is -0.122. The Morgan fingerprint density at radius 1 is 1.17 bits per heavy atom. The minimum Gasteiger partial charge on any atom is -0.393 e. The van der Waals surface area contributed by atoms with Crippen molar-refractivity contribution in [2.75, 3.05) is 11.5 Å². The van der Waals surface area contributed by atoms with Crippen LogP contribution in [0.5, 0.6) is 0 Å². The molecule has 1 aliphatic carbocycles. The van der Waals surface area contributed by atoms with Crippen molar-refractivity contribution in [2.24, 2.45) is 5.92 Å². The first kappa shape index (κ1) is 13.8. The van der Waals surface area contributed by atoms with Gasteiger partial charge >= 0.3 is 0 Å². The summed E-state index contributed by atoms with van der Waals surface area (Å²) in [4.78, 5) is 11.8. The van der Waals surface area contributed by atoms with Crippen molar-refractivity contribution < 1.29 is 18.3 Å². The van der Waals surface area contributed by atoms with Gasteiger partial charge in [0, 0.05) is 12.5 Å². The lowest BCUT2D eigenvalue weighted by Gasteiger charge is -2.26. The van der Waals surface area contributed by atoms with E-state index in [-0.39, 0.29) is 35.5 Å². The first-order chi connectivity index (χ1) is 8.44. The zero-order valence-electron chi connectivity index (χ0n) is 10.5. The van der Waals surface area contributed by atoms with Crippen molar-refractivity contribution in [1.82, 2.24) is 5.32 Å². The van der Waals surface area contributed by atoms with E-state index in [0.29, 0.717) is 12.8 Å². The van der Waals surface area contributed by atoms with E-state index in [9.17, 15) is 18.3 Å². The third-order valence-corrected chi connectivity index (χ3v) is 5.70. The molecule has 6 heteroatoms. The lowest BCUT2D eigenvalue weighted by Crippen LogP contribution is -2.39. The minimum absolute atomic E-state index is 0.0100. The van der Waals surface area contributed by atoms with Gasteiger partial charge in [0.25, 0.3) is 0 Å². The molecule has 1 amide bonds. The Balaban J connectivity index is 1.73. The second kappa shape index (κ2) is 5.57. The number of rotatable bonds is 3. The smallest absolute Gasteiger partial charge is 0.220 e. The number of carbonyl (C=O) groups excluding carboxylic acids is 1. The maximum Gasteiger partial charge on any atom is 0.220 e. The largest absolute Gasteiger partial charge is 0.393 e. The Morgan fingerprint density at radius 2 is 1.83 bits per heavy atom. The van der Waals surface area contributed by atoms with Gasteiger partial charge in [0.2, 0.25) is 5.91 Å². The fourth-order valence-corrected chi connectivity index (χ4v) is 4.66. The van der Waals surface area contributed by atoms with Crippen LogP contribution in [0, 0.1) is 5.92 Å². The molecule has 1 saturated carbocycles. The van der Waals surface area contributed by atoms with Crippen LogP contribution >= 0.6 is 0 Å². The fraction of sp³-hybridized carbons (Fsp3) is 0.917. The van der Waals surface area contributed by atoms with Gasteiger partial charge in [-0.25, -0.2) is 8.42 Å². The summed E-state index contributed by atoms with van der Waals surface area (Å²) in [5, 5.41) is 12.3. The minimum atomic E-state index is -2.89. The molecular formula is C12H21NO4S. The van der Waals surface area contributed by atoms with Crippen LogP contribution in [-0.2, 0) is 14.6 Å². The van der Waals surface area contributed by atoms with Crippen LogP contribution in [0.4, 0.5) is 0 Å². The van der Waals surface area contributed by atoms with E-state index in [4.69, 9.17) is 0 Å². The first-order valence-corrected chi connectivity index (χ1v) is 8.44. The number of hydrogen-bond acceptors (Lipinski definition) is 4. The van der Waals surface area contributed by atoms with Crippen LogP contribution in [0.25, 0.3) is 0 Å². The van der Waals surface area contributed by atoms with E-state index in [2.05, 4.69) is 5.32 Å². The molecule has 1 unspecified atom stereocenters. The van der Waals surface area contributed by atoms with Gasteiger partial charge in [-0.05, 0) is 38.0 Å². The Labute approximate surface area is 108 Å². The number of aliphatic hydroxyl groups is 1. The highest BCUT2D eigenvalue weighted by Crippen LogP contribution is 2.22. The van der Waals surface area contributed by atoms with Gasteiger partial charge in [-0.2, -0.15) is 0 Å². The SMILES string of the molecule is O=C(CC1CCS(=O)(=O)C1)NC1CCC(O)CC1. The molecule has 2 aliphatic rings. The summed E-state index contributed by atoms with van der Waals surface area (Å²) in [6, 6.07) is 0.152. The summed E-state index contributed by atoms with van der Waals surface area (Å²) in [7, 11) is -2.89. The molecule has 2 N–H and O–H groups in total. The van der Waals surface area contributed by atoms with Crippen LogP contribution in [0.2, 0.25) is 0 Å². The quantitative estimate of drug-likeness (QED) is 0.772. The van der Waals surface area contributed by atoms with Crippen molar-refractivity contribution >= 4 is 15.7 Å². The van der Waals surface area contributed by atoms with E-state index in [1.807, 2.05) is 0 Å². The van der Waals surface area contributed by atoms with Crippen LogP contribution in [0.1, 0.15) is 38.5 Å². The maximum absolute atomic E-state index is 11.8. The molecule has 0 spiro atoms. The van der Waals surface area contributed by atoms with Gasteiger partial charge < -0.3 is 10.4 Å². The highest BCUT2D eigenvalue weighted by Gasteiger charge is 2.30. The number of nitrogens with one attached hydrogen (secondary N) is 1. The normalized spacial score (nSPS) is 35.3. The topological polar surface area (TPSA) is 83.5 Å². The van der Waals surface area contributed by atoms with Gasteiger partial charge in [-0.15, -0.1) is 0 Å². The zero-order valence-corrected chi connectivity index (χ0v) is 11.3. The van der Waals surface area contributed by atoms with Crippen molar-refractivity contribution in [3.05, 3.63) is 0 Å². The Kier molecular flexibility index (Phi) is 4.27. The molecule has 104 valence electrons. The molecule has 1 heterocycles. The average Bonchev–Trinajstić information content (AvgIpc) is 2.61. The molecule has 5 nitrogen and oxygen atoms in total. The second-order valence-electron chi connectivity index (χ2n) is 5.55. The first-order valence-electron chi connectivity index (χ1n) is 6.62. The summed E-state index contributed by atoms with van der Waals surface area (Å²) < 4.78 is 22.6. The van der Waals surface area contributed by atoms with E-state index >= 15 is 0 Å². The highest BCUT2D eigenvalue weighted by atomic mass is 32.2. The maximum atomic E-state index is 11.8.